The summed E-state index contributed by atoms with van der Waals surface area (Å²) >= 11 is 13.7. The normalized spacial score (nSPS) is 10.8. The van der Waals surface area contributed by atoms with E-state index in [2.05, 4.69) is 5.10 Å². The fourth-order valence-electron chi connectivity index (χ4n) is 2.71. The number of hydrogen-bond donors (Lipinski definition) is 0. The van der Waals surface area contributed by atoms with Crippen LogP contribution in [0, 0.1) is 6.92 Å². The van der Waals surface area contributed by atoms with Gasteiger partial charge in [-0.1, -0.05) is 53.5 Å². The number of aryl methyl sites for hydroxylation is 1. The minimum atomic E-state index is -0.673. The van der Waals surface area contributed by atoms with E-state index in [0.29, 0.717) is 23.1 Å². The second-order valence-electron chi connectivity index (χ2n) is 6.43. The first-order valence-electron chi connectivity index (χ1n) is 8.77. The molecular formula is C20H19Cl2N3O3S. The van der Waals surface area contributed by atoms with Crippen LogP contribution in [0.3, 0.4) is 0 Å². The van der Waals surface area contributed by atoms with E-state index in [9.17, 15) is 9.59 Å². The number of carbonyl (C=O) groups is 2. The average molecular weight is 452 g/mol. The molecule has 0 radical (unpaired) electrons. The van der Waals surface area contributed by atoms with Gasteiger partial charge in [-0.3, -0.25) is 4.79 Å². The van der Waals surface area contributed by atoms with Crippen molar-refractivity contribution in [2.75, 3.05) is 13.7 Å². The second kappa shape index (κ2) is 9.43. The smallest absolute Gasteiger partial charge is 0.343 e. The first kappa shape index (κ1) is 21.4. The third-order valence-electron chi connectivity index (χ3n) is 4.22. The van der Waals surface area contributed by atoms with Crippen LogP contribution >= 0.6 is 34.5 Å². The van der Waals surface area contributed by atoms with Crippen molar-refractivity contribution >= 4 is 46.4 Å². The molecular weight excluding hydrogens is 433 g/mol. The second-order valence-corrected chi connectivity index (χ2v) is 8.58. The van der Waals surface area contributed by atoms with Crippen molar-refractivity contribution in [3.63, 3.8) is 0 Å². The van der Waals surface area contributed by atoms with E-state index in [-0.39, 0.29) is 23.2 Å². The van der Waals surface area contributed by atoms with Crippen LogP contribution < -0.4 is 0 Å². The lowest BCUT2D eigenvalue weighted by Crippen LogP contribution is -2.30. The Bertz CT molecular complexity index is 1020. The Morgan fingerprint density at radius 3 is 2.55 bits per heavy atom. The maximum Gasteiger partial charge on any atom is 0.343 e. The predicted octanol–water partition coefficient (Wildman–Crippen LogP) is 4.42. The first-order chi connectivity index (χ1) is 13.8. The molecule has 0 spiro atoms. The molecule has 0 unspecified atom stereocenters. The molecule has 29 heavy (non-hydrogen) atoms. The summed E-state index contributed by atoms with van der Waals surface area (Å²) in [6.07, 6.45) is 0. The topological polar surface area (TPSA) is 64.4 Å². The van der Waals surface area contributed by atoms with Gasteiger partial charge in [-0.2, -0.15) is 5.10 Å². The number of esters is 1. The van der Waals surface area contributed by atoms with E-state index >= 15 is 0 Å². The van der Waals surface area contributed by atoms with Gasteiger partial charge in [-0.25, -0.2) is 9.48 Å². The van der Waals surface area contributed by atoms with Crippen molar-refractivity contribution in [1.82, 2.24) is 14.7 Å². The summed E-state index contributed by atoms with van der Waals surface area (Å²) < 4.78 is 7.38. The van der Waals surface area contributed by atoms with Gasteiger partial charge in [-0.15, -0.1) is 11.3 Å². The summed E-state index contributed by atoms with van der Waals surface area (Å²) in [4.78, 5) is 27.2. The van der Waals surface area contributed by atoms with E-state index in [1.165, 1.54) is 20.9 Å². The highest BCUT2D eigenvalue weighted by Gasteiger charge is 2.23. The molecule has 0 saturated carbocycles. The third kappa shape index (κ3) is 5.38. The van der Waals surface area contributed by atoms with Crippen LogP contribution in [0.2, 0.25) is 9.49 Å². The number of hydrogen-bond acceptors (Lipinski definition) is 5. The molecule has 1 amide bonds. The molecule has 0 aliphatic heterocycles. The Hall–Kier alpha value is -2.35. The predicted molar refractivity (Wildman–Crippen MR) is 114 cm³/mol. The van der Waals surface area contributed by atoms with Gasteiger partial charge in [0.05, 0.1) is 23.1 Å². The summed E-state index contributed by atoms with van der Waals surface area (Å²) in [7, 11) is 1.64. The number of aromatic nitrogens is 2. The Morgan fingerprint density at radius 1 is 1.17 bits per heavy atom. The molecule has 9 heteroatoms. The molecule has 0 fully saturated rings. The largest absolute Gasteiger partial charge is 0.452 e. The molecule has 2 aromatic heterocycles. The molecule has 0 saturated heterocycles. The molecule has 3 aromatic rings. The lowest BCUT2D eigenvalue weighted by molar-refractivity contribution is -0.133. The number of nitrogens with zero attached hydrogens (tertiary/aromatic N) is 3. The van der Waals surface area contributed by atoms with Gasteiger partial charge in [0.2, 0.25) is 0 Å². The van der Waals surface area contributed by atoms with Crippen molar-refractivity contribution in [3.05, 3.63) is 73.7 Å². The molecule has 6 nitrogen and oxygen atoms in total. The monoisotopic (exact) mass is 451 g/mol. The van der Waals surface area contributed by atoms with Crippen LogP contribution in [0.1, 0.15) is 26.5 Å². The molecule has 0 bridgehead atoms. The van der Waals surface area contributed by atoms with Gasteiger partial charge in [0.1, 0.15) is 10.7 Å². The Balaban J connectivity index is 1.61. The molecule has 0 aliphatic carbocycles. The maximum atomic E-state index is 12.5. The summed E-state index contributed by atoms with van der Waals surface area (Å²) in [6, 6.07) is 13.3. The van der Waals surface area contributed by atoms with Gasteiger partial charge in [0.25, 0.3) is 5.91 Å². The van der Waals surface area contributed by atoms with Gasteiger partial charge in [0.15, 0.2) is 6.61 Å². The average Bonchev–Trinajstić information content (AvgIpc) is 3.22. The van der Waals surface area contributed by atoms with E-state index in [1.807, 2.05) is 36.4 Å². The Labute approximate surface area is 182 Å². The van der Waals surface area contributed by atoms with E-state index in [0.717, 1.165) is 10.4 Å². The van der Waals surface area contributed by atoms with Crippen LogP contribution in [-0.4, -0.2) is 40.2 Å². The standard InChI is InChI=1S/C20H19Cl2N3O3S/c1-13-18(19(22)25(23-13)10-14-6-4-3-5-7-14)20(27)28-12-17(26)24(2)11-15-8-9-16(21)29-15/h3-9H,10-12H2,1-2H3. The number of amides is 1. The lowest BCUT2D eigenvalue weighted by atomic mass is 10.2. The minimum Gasteiger partial charge on any atom is -0.452 e. The van der Waals surface area contributed by atoms with Gasteiger partial charge >= 0.3 is 5.97 Å². The Morgan fingerprint density at radius 2 is 1.90 bits per heavy atom. The molecule has 1 aromatic carbocycles. The quantitative estimate of drug-likeness (QED) is 0.498. The maximum absolute atomic E-state index is 12.5. The fraction of sp³-hybridized carbons (Fsp3) is 0.250. The molecule has 3 rings (SSSR count). The van der Waals surface area contributed by atoms with Crippen molar-refractivity contribution < 1.29 is 14.3 Å². The van der Waals surface area contributed by atoms with Gasteiger partial charge < -0.3 is 9.64 Å². The fourth-order valence-corrected chi connectivity index (χ4v) is 4.17. The van der Waals surface area contributed by atoms with Crippen LogP contribution in [0.15, 0.2) is 42.5 Å². The molecule has 0 N–H and O–H groups in total. The van der Waals surface area contributed by atoms with E-state index in [1.54, 1.807) is 20.0 Å². The van der Waals surface area contributed by atoms with Crippen LogP contribution in [0.5, 0.6) is 0 Å². The summed E-state index contributed by atoms with van der Waals surface area (Å²) in [5.41, 5.74) is 1.62. The van der Waals surface area contributed by atoms with Crippen LogP contribution in [-0.2, 0) is 22.6 Å². The summed E-state index contributed by atoms with van der Waals surface area (Å²) in [6.45, 7) is 2.12. The summed E-state index contributed by atoms with van der Waals surface area (Å²) in [5, 5.41) is 4.51. The minimum absolute atomic E-state index is 0.170. The highest BCUT2D eigenvalue weighted by Crippen LogP contribution is 2.23. The highest BCUT2D eigenvalue weighted by atomic mass is 35.5. The van der Waals surface area contributed by atoms with Crippen molar-refractivity contribution in [2.45, 2.75) is 20.0 Å². The molecule has 152 valence electrons. The van der Waals surface area contributed by atoms with Crippen molar-refractivity contribution in [3.8, 4) is 0 Å². The number of benzene rings is 1. The summed E-state index contributed by atoms with van der Waals surface area (Å²) in [5.74, 6) is -0.999. The van der Waals surface area contributed by atoms with Crippen molar-refractivity contribution in [2.24, 2.45) is 0 Å². The number of carbonyl (C=O) groups excluding carboxylic acids is 2. The molecule has 0 aliphatic rings. The molecule has 2 heterocycles. The third-order valence-corrected chi connectivity index (χ3v) is 5.82. The van der Waals surface area contributed by atoms with Crippen LogP contribution in [0.4, 0.5) is 0 Å². The lowest BCUT2D eigenvalue weighted by Gasteiger charge is -2.16. The number of ether oxygens (including phenoxy) is 1. The number of likely N-dealkylation sites (N-methyl/N-ethyl adjacent to an activating group) is 1. The van der Waals surface area contributed by atoms with Gasteiger partial charge in [0, 0.05) is 11.9 Å². The zero-order chi connectivity index (χ0) is 21.0. The SMILES string of the molecule is Cc1nn(Cc2ccccc2)c(Cl)c1C(=O)OCC(=O)N(C)Cc1ccc(Cl)s1. The van der Waals surface area contributed by atoms with E-state index < -0.39 is 5.97 Å². The van der Waals surface area contributed by atoms with E-state index in [4.69, 9.17) is 27.9 Å². The Kier molecular flexibility index (Phi) is 6.95. The highest BCUT2D eigenvalue weighted by molar-refractivity contribution is 7.16. The molecule has 0 atom stereocenters. The zero-order valence-corrected chi connectivity index (χ0v) is 18.2. The van der Waals surface area contributed by atoms with Crippen molar-refractivity contribution in [1.29, 1.82) is 0 Å². The van der Waals surface area contributed by atoms with Gasteiger partial charge in [-0.05, 0) is 24.6 Å². The first-order valence-corrected chi connectivity index (χ1v) is 10.3. The number of halogens is 2. The zero-order valence-electron chi connectivity index (χ0n) is 15.9. The van der Waals surface area contributed by atoms with Crippen LogP contribution in [0.25, 0.3) is 0 Å². The number of thiophene rings is 1. The number of rotatable bonds is 7.